The quantitative estimate of drug-likeness (QED) is 0.114. The summed E-state index contributed by atoms with van der Waals surface area (Å²) < 4.78 is 11.5. The topological polar surface area (TPSA) is 104 Å². The van der Waals surface area contributed by atoms with Crippen LogP contribution in [-0.2, 0) is 22.6 Å². The van der Waals surface area contributed by atoms with E-state index in [1.54, 1.807) is 92.0 Å². The molecule has 2 heterocycles. The summed E-state index contributed by atoms with van der Waals surface area (Å²) in [4.78, 5) is 53.1. The van der Waals surface area contributed by atoms with Gasteiger partial charge < -0.3 is 14.5 Å². The Hall–Kier alpha value is -6.48. The first-order chi connectivity index (χ1) is 24.5. The van der Waals surface area contributed by atoms with Gasteiger partial charge in [0.2, 0.25) is 0 Å². The van der Waals surface area contributed by atoms with Gasteiger partial charge in [-0.2, -0.15) is 0 Å². The summed E-state index contributed by atoms with van der Waals surface area (Å²) in [5.41, 5.74) is 4.61. The van der Waals surface area contributed by atoms with Gasteiger partial charge in [0.25, 0.3) is 11.8 Å². The van der Waals surface area contributed by atoms with Gasteiger partial charge in [-0.25, -0.2) is 14.6 Å². The SMILES string of the molecule is COc1ccc(C(=NCCc2c[nH]c3ccc(OCc4ccccc4)cc23)C2C(=O)N(c3ccccc3)C(=O)N(c3ccccc3)C2=O)cc1. The summed E-state index contributed by atoms with van der Waals surface area (Å²) in [6, 6.07) is 39.5. The zero-order valence-electron chi connectivity index (χ0n) is 27.4. The summed E-state index contributed by atoms with van der Waals surface area (Å²) in [5.74, 6) is -1.36. The summed E-state index contributed by atoms with van der Waals surface area (Å²) in [7, 11) is 1.57. The molecule has 0 saturated carbocycles. The molecule has 0 aliphatic carbocycles. The van der Waals surface area contributed by atoms with E-state index in [4.69, 9.17) is 14.5 Å². The van der Waals surface area contributed by atoms with Crippen molar-refractivity contribution >= 4 is 45.8 Å². The number of aromatic amines is 1. The molecule has 1 fully saturated rings. The largest absolute Gasteiger partial charge is 0.497 e. The number of carbonyl (C=O) groups is 3. The van der Waals surface area contributed by atoms with Crippen LogP contribution < -0.4 is 19.3 Å². The minimum atomic E-state index is -1.39. The van der Waals surface area contributed by atoms with Crippen LogP contribution >= 0.6 is 0 Å². The molecule has 4 amide bonds. The fourth-order valence-electron chi connectivity index (χ4n) is 6.12. The number of urea groups is 1. The number of nitrogens with zero attached hydrogens (tertiary/aromatic N) is 3. The molecule has 0 radical (unpaired) electrons. The molecule has 5 aromatic carbocycles. The number of benzene rings is 5. The first-order valence-electron chi connectivity index (χ1n) is 16.3. The van der Waals surface area contributed by atoms with Gasteiger partial charge in [-0.3, -0.25) is 14.6 Å². The molecular weight excluding hydrogens is 628 g/mol. The van der Waals surface area contributed by atoms with Crippen molar-refractivity contribution in [1.82, 2.24) is 4.98 Å². The van der Waals surface area contributed by atoms with Crippen LogP contribution in [0.1, 0.15) is 16.7 Å². The van der Waals surface area contributed by atoms with Gasteiger partial charge in [0.1, 0.15) is 18.1 Å². The third kappa shape index (κ3) is 6.49. The maximum Gasteiger partial charge on any atom is 0.342 e. The molecule has 1 aromatic heterocycles. The Morgan fingerprint density at radius 1 is 0.720 bits per heavy atom. The number of hydrogen-bond acceptors (Lipinski definition) is 6. The van der Waals surface area contributed by atoms with Crippen molar-refractivity contribution in [2.24, 2.45) is 10.9 Å². The fourth-order valence-corrected chi connectivity index (χ4v) is 6.12. The summed E-state index contributed by atoms with van der Waals surface area (Å²) in [6.45, 7) is 0.721. The van der Waals surface area contributed by atoms with Crippen LogP contribution in [0.15, 0.2) is 145 Å². The van der Waals surface area contributed by atoms with Gasteiger partial charge >= 0.3 is 6.03 Å². The molecule has 1 saturated heterocycles. The van der Waals surface area contributed by atoms with Crippen LogP contribution in [0.4, 0.5) is 16.2 Å². The number of aliphatic imine (C=N–C) groups is 1. The molecule has 1 N–H and O–H groups in total. The molecule has 0 spiro atoms. The minimum Gasteiger partial charge on any atom is -0.497 e. The van der Waals surface area contributed by atoms with Crippen molar-refractivity contribution in [2.75, 3.05) is 23.5 Å². The minimum absolute atomic E-state index is 0.267. The number of H-pyrrole nitrogens is 1. The highest BCUT2D eigenvalue weighted by molar-refractivity contribution is 6.43. The van der Waals surface area contributed by atoms with E-state index in [1.807, 2.05) is 54.7 Å². The number of nitrogens with one attached hydrogen (secondary N) is 1. The Balaban J connectivity index is 1.24. The van der Waals surface area contributed by atoms with Crippen LogP contribution in [0.25, 0.3) is 10.9 Å². The van der Waals surface area contributed by atoms with Crippen molar-refractivity contribution in [1.29, 1.82) is 0 Å². The lowest BCUT2D eigenvalue weighted by molar-refractivity contribution is -0.129. The second-order valence-corrected chi connectivity index (χ2v) is 11.8. The number of methoxy groups -OCH3 is 1. The lowest BCUT2D eigenvalue weighted by Crippen LogP contribution is -2.62. The molecule has 0 atom stereocenters. The highest BCUT2D eigenvalue weighted by Gasteiger charge is 2.49. The van der Waals surface area contributed by atoms with Crippen molar-refractivity contribution < 1.29 is 23.9 Å². The van der Waals surface area contributed by atoms with Crippen molar-refractivity contribution in [2.45, 2.75) is 13.0 Å². The van der Waals surface area contributed by atoms with E-state index in [0.29, 0.717) is 35.7 Å². The zero-order chi connectivity index (χ0) is 34.5. The van der Waals surface area contributed by atoms with E-state index in [0.717, 1.165) is 37.6 Å². The van der Waals surface area contributed by atoms with Crippen molar-refractivity contribution in [3.05, 3.63) is 156 Å². The molecular formula is C41H34N4O5. The van der Waals surface area contributed by atoms with Gasteiger partial charge in [-0.1, -0.05) is 66.7 Å². The Morgan fingerprint density at radius 3 is 1.90 bits per heavy atom. The summed E-state index contributed by atoms with van der Waals surface area (Å²) in [6.07, 6.45) is 2.46. The van der Waals surface area contributed by atoms with Crippen LogP contribution in [-0.4, -0.2) is 42.2 Å². The number of amides is 4. The van der Waals surface area contributed by atoms with Crippen LogP contribution in [0.5, 0.6) is 11.5 Å². The second kappa shape index (κ2) is 14.3. The maximum atomic E-state index is 14.4. The summed E-state index contributed by atoms with van der Waals surface area (Å²) >= 11 is 0. The third-order valence-electron chi connectivity index (χ3n) is 8.66. The average Bonchev–Trinajstić information content (AvgIpc) is 3.56. The normalized spacial score (nSPS) is 14.0. The number of hydrogen-bond donors (Lipinski definition) is 1. The first kappa shape index (κ1) is 32.1. The first-order valence-corrected chi connectivity index (χ1v) is 16.3. The van der Waals surface area contributed by atoms with Crippen LogP contribution in [0, 0.1) is 5.92 Å². The predicted molar refractivity (Wildman–Crippen MR) is 194 cm³/mol. The number of aromatic nitrogens is 1. The van der Waals surface area contributed by atoms with Gasteiger partial charge in [-0.15, -0.1) is 0 Å². The van der Waals surface area contributed by atoms with E-state index in [2.05, 4.69) is 4.98 Å². The number of rotatable bonds is 11. The smallest absolute Gasteiger partial charge is 0.342 e. The fraction of sp³-hybridized carbons (Fsp3) is 0.122. The number of imide groups is 2. The molecule has 50 heavy (non-hydrogen) atoms. The van der Waals surface area contributed by atoms with E-state index >= 15 is 0 Å². The molecule has 9 heteroatoms. The van der Waals surface area contributed by atoms with Crippen LogP contribution in [0.3, 0.4) is 0 Å². The van der Waals surface area contributed by atoms with E-state index in [1.165, 1.54) is 0 Å². The lowest BCUT2D eigenvalue weighted by atomic mass is 9.91. The molecule has 1 aliphatic rings. The van der Waals surface area contributed by atoms with E-state index < -0.39 is 23.8 Å². The number of ether oxygens (including phenoxy) is 2. The van der Waals surface area contributed by atoms with Crippen LogP contribution in [0.2, 0.25) is 0 Å². The number of fused-ring (bicyclic) bond motifs is 1. The number of carbonyl (C=O) groups excluding carboxylic acids is 3. The monoisotopic (exact) mass is 662 g/mol. The molecule has 7 rings (SSSR count). The summed E-state index contributed by atoms with van der Waals surface area (Å²) in [5, 5.41) is 0.998. The Morgan fingerprint density at radius 2 is 1.30 bits per heavy atom. The van der Waals surface area contributed by atoms with Gasteiger partial charge in [0, 0.05) is 23.6 Å². The predicted octanol–water partition coefficient (Wildman–Crippen LogP) is 7.60. The van der Waals surface area contributed by atoms with Gasteiger partial charge in [-0.05, 0) is 89.8 Å². The van der Waals surface area contributed by atoms with E-state index in [9.17, 15) is 14.4 Å². The maximum absolute atomic E-state index is 14.4. The highest BCUT2D eigenvalue weighted by Crippen LogP contribution is 2.32. The molecule has 0 unspecified atom stereocenters. The molecule has 1 aliphatic heterocycles. The Bertz CT molecular complexity index is 2100. The van der Waals surface area contributed by atoms with Gasteiger partial charge in [0.15, 0.2) is 5.92 Å². The Labute approximate surface area is 289 Å². The molecule has 6 aromatic rings. The highest BCUT2D eigenvalue weighted by atomic mass is 16.5. The van der Waals surface area contributed by atoms with E-state index in [-0.39, 0.29) is 12.3 Å². The number of anilines is 2. The zero-order valence-corrected chi connectivity index (χ0v) is 27.4. The van der Waals surface area contributed by atoms with Crippen molar-refractivity contribution in [3.8, 4) is 11.5 Å². The van der Waals surface area contributed by atoms with Crippen molar-refractivity contribution in [3.63, 3.8) is 0 Å². The Kier molecular flexibility index (Phi) is 9.20. The third-order valence-corrected chi connectivity index (χ3v) is 8.66. The lowest BCUT2D eigenvalue weighted by Gasteiger charge is -2.37. The van der Waals surface area contributed by atoms with Gasteiger partial charge in [0.05, 0.1) is 24.2 Å². The average molecular weight is 663 g/mol. The molecule has 9 nitrogen and oxygen atoms in total. The number of para-hydroxylation sites is 2. The number of barbiturate groups is 1. The second-order valence-electron chi connectivity index (χ2n) is 11.8. The molecule has 0 bridgehead atoms. The molecule has 248 valence electrons. The standard InChI is InChI=1S/C41H34N4O5/c1-49-33-19-17-29(18-20-33)38(42-24-23-30-26-43-36-22-21-34(25-35(30)36)50-27-28-11-5-2-6-12-28)37-39(46)44(31-13-7-3-8-14-31)41(48)45(40(37)47)32-15-9-4-10-16-32/h2-22,25-26,37,43H,23-24,27H2,1H3.